The van der Waals surface area contributed by atoms with Gasteiger partial charge in [0.25, 0.3) is 5.91 Å². The van der Waals surface area contributed by atoms with Crippen molar-refractivity contribution in [3.8, 4) is 10.8 Å². The fourth-order valence-electron chi connectivity index (χ4n) is 2.92. The van der Waals surface area contributed by atoms with E-state index in [1.54, 1.807) is 23.8 Å². The van der Waals surface area contributed by atoms with Gasteiger partial charge >= 0.3 is 0 Å². The van der Waals surface area contributed by atoms with E-state index in [4.69, 9.17) is 0 Å². The maximum atomic E-state index is 13.0. The zero-order chi connectivity index (χ0) is 16.4. The largest absolute Gasteiger partial charge is 0.307 e. The molecule has 2 aromatic heterocycles. The predicted octanol–water partition coefficient (Wildman–Crippen LogP) is 3.58. The van der Waals surface area contributed by atoms with Crippen molar-refractivity contribution < 1.29 is 4.79 Å². The van der Waals surface area contributed by atoms with Crippen LogP contribution in [0.1, 0.15) is 28.9 Å². The number of thiazole rings is 1. The summed E-state index contributed by atoms with van der Waals surface area (Å²) in [5.74, 6) is 0.501. The molecule has 0 unspecified atom stereocenters. The molecule has 0 aliphatic carbocycles. The number of para-hydroxylation sites is 1. The van der Waals surface area contributed by atoms with Gasteiger partial charge in [-0.2, -0.15) is 0 Å². The molecule has 3 heterocycles. The topological polar surface area (TPSA) is 59.0 Å². The van der Waals surface area contributed by atoms with Gasteiger partial charge < -0.3 is 4.90 Å². The highest BCUT2D eigenvalue weighted by atomic mass is 32.1. The summed E-state index contributed by atoms with van der Waals surface area (Å²) in [6, 6.07) is 9.89. The number of hydrogen-bond acceptors (Lipinski definition) is 5. The van der Waals surface area contributed by atoms with Crippen molar-refractivity contribution in [3.63, 3.8) is 0 Å². The summed E-state index contributed by atoms with van der Waals surface area (Å²) in [6.07, 6.45) is 6.47. The van der Waals surface area contributed by atoms with Crippen molar-refractivity contribution in [1.29, 1.82) is 0 Å². The van der Waals surface area contributed by atoms with Crippen LogP contribution in [0.5, 0.6) is 0 Å². The summed E-state index contributed by atoms with van der Waals surface area (Å²) in [4.78, 5) is 27.7. The SMILES string of the molecule is O=C(c1csc(-c2ncccn2)n1)N1CCCCc2ccccc21. The molecule has 1 aromatic carbocycles. The van der Waals surface area contributed by atoms with Gasteiger partial charge in [-0.05, 0) is 37.0 Å². The second-order valence-electron chi connectivity index (χ2n) is 5.65. The Labute approximate surface area is 144 Å². The average molecular weight is 336 g/mol. The number of carbonyl (C=O) groups excluding carboxylic acids is 1. The van der Waals surface area contributed by atoms with Crippen LogP contribution in [0.3, 0.4) is 0 Å². The van der Waals surface area contributed by atoms with Crippen LogP contribution < -0.4 is 4.90 Å². The number of hydrogen-bond donors (Lipinski definition) is 0. The van der Waals surface area contributed by atoms with E-state index in [0.717, 1.165) is 31.5 Å². The Morgan fingerprint density at radius 3 is 2.79 bits per heavy atom. The van der Waals surface area contributed by atoms with Crippen molar-refractivity contribution >= 4 is 22.9 Å². The third kappa shape index (κ3) is 2.80. The highest BCUT2D eigenvalue weighted by Crippen LogP contribution is 2.28. The van der Waals surface area contributed by atoms with E-state index in [2.05, 4.69) is 21.0 Å². The van der Waals surface area contributed by atoms with Gasteiger partial charge in [0, 0.05) is 30.0 Å². The number of rotatable bonds is 2. The standard InChI is InChI=1S/C18H16N4OS/c23-18(14-12-24-17(21-14)16-19-9-5-10-20-16)22-11-4-3-7-13-6-1-2-8-15(13)22/h1-2,5-6,8-10,12H,3-4,7,11H2. The van der Waals surface area contributed by atoms with Crippen molar-refractivity contribution in [2.45, 2.75) is 19.3 Å². The molecule has 4 rings (SSSR count). The summed E-state index contributed by atoms with van der Waals surface area (Å²) < 4.78 is 0. The molecule has 0 saturated carbocycles. The first kappa shape index (κ1) is 15.0. The van der Waals surface area contributed by atoms with Gasteiger partial charge in [-0.1, -0.05) is 18.2 Å². The van der Waals surface area contributed by atoms with Crippen LogP contribution in [0.4, 0.5) is 5.69 Å². The minimum atomic E-state index is -0.0530. The summed E-state index contributed by atoms with van der Waals surface area (Å²) in [6.45, 7) is 0.727. The molecule has 0 radical (unpaired) electrons. The molecule has 3 aromatic rings. The lowest BCUT2D eigenvalue weighted by Crippen LogP contribution is -2.32. The Hall–Kier alpha value is -2.60. The molecule has 1 aliphatic heterocycles. The van der Waals surface area contributed by atoms with E-state index in [0.29, 0.717) is 16.5 Å². The molecule has 0 fully saturated rings. The van der Waals surface area contributed by atoms with Crippen LogP contribution in [0.25, 0.3) is 10.8 Å². The number of aromatic nitrogens is 3. The lowest BCUT2D eigenvalue weighted by atomic mass is 10.1. The zero-order valence-corrected chi connectivity index (χ0v) is 13.9. The normalized spacial score (nSPS) is 14.1. The molecule has 0 N–H and O–H groups in total. The highest BCUT2D eigenvalue weighted by molar-refractivity contribution is 7.13. The van der Waals surface area contributed by atoms with E-state index < -0.39 is 0 Å². The summed E-state index contributed by atoms with van der Waals surface area (Å²) in [5.41, 5.74) is 2.69. The van der Waals surface area contributed by atoms with E-state index in [1.807, 2.05) is 23.1 Å². The van der Waals surface area contributed by atoms with E-state index in [9.17, 15) is 4.79 Å². The Bertz CT molecular complexity index is 862. The van der Waals surface area contributed by atoms with Crippen LogP contribution >= 0.6 is 11.3 Å². The molecule has 24 heavy (non-hydrogen) atoms. The van der Waals surface area contributed by atoms with Crippen LogP contribution in [0.15, 0.2) is 48.1 Å². The van der Waals surface area contributed by atoms with Gasteiger partial charge in [0.2, 0.25) is 0 Å². The van der Waals surface area contributed by atoms with Crippen molar-refractivity contribution in [2.75, 3.05) is 11.4 Å². The molecule has 120 valence electrons. The Kier molecular flexibility index (Phi) is 4.04. The quantitative estimate of drug-likeness (QED) is 0.718. The van der Waals surface area contributed by atoms with Crippen LogP contribution in [0, 0.1) is 0 Å². The van der Waals surface area contributed by atoms with Gasteiger partial charge in [-0.3, -0.25) is 4.79 Å². The fourth-order valence-corrected chi connectivity index (χ4v) is 3.66. The van der Waals surface area contributed by atoms with Crippen LogP contribution in [0.2, 0.25) is 0 Å². The van der Waals surface area contributed by atoms with E-state index in [-0.39, 0.29) is 5.91 Å². The average Bonchev–Trinajstić information content (AvgIpc) is 3.03. The Morgan fingerprint density at radius 2 is 1.92 bits per heavy atom. The second-order valence-corrected chi connectivity index (χ2v) is 6.51. The third-order valence-electron chi connectivity index (χ3n) is 4.09. The van der Waals surface area contributed by atoms with Gasteiger partial charge in [-0.25, -0.2) is 15.0 Å². The lowest BCUT2D eigenvalue weighted by Gasteiger charge is -2.21. The van der Waals surface area contributed by atoms with Gasteiger partial charge in [0.1, 0.15) is 5.69 Å². The minimum Gasteiger partial charge on any atom is -0.307 e. The van der Waals surface area contributed by atoms with E-state index >= 15 is 0 Å². The van der Waals surface area contributed by atoms with Crippen LogP contribution in [-0.2, 0) is 6.42 Å². The minimum absolute atomic E-state index is 0.0530. The molecule has 0 spiro atoms. The highest BCUT2D eigenvalue weighted by Gasteiger charge is 2.24. The van der Waals surface area contributed by atoms with E-state index in [1.165, 1.54) is 16.9 Å². The molecule has 1 amide bonds. The Morgan fingerprint density at radius 1 is 1.08 bits per heavy atom. The molecule has 0 saturated heterocycles. The second kappa shape index (κ2) is 6.49. The number of anilines is 1. The number of amides is 1. The van der Waals surface area contributed by atoms with Gasteiger partial charge in [-0.15, -0.1) is 11.3 Å². The smallest absolute Gasteiger partial charge is 0.277 e. The van der Waals surface area contributed by atoms with Gasteiger partial charge in [0.05, 0.1) is 0 Å². The maximum Gasteiger partial charge on any atom is 0.277 e. The summed E-state index contributed by atoms with van der Waals surface area (Å²) >= 11 is 1.40. The van der Waals surface area contributed by atoms with Gasteiger partial charge in [0.15, 0.2) is 10.8 Å². The predicted molar refractivity (Wildman–Crippen MR) is 94.2 cm³/mol. The molecule has 5 nitrogen and oxygen atoms in total. The number of carbonyl (C=O) groups is 1. The number of benzene rings is 1. The monoisotopic (exact) mass is 336 g/mol. The summed E-state index contributed by atoms with van der Waals surface area (Å²) in [5, 5.41) is 2.46. The number of fused-ring (bicyclic) bond motifs is 1. The zero-order valence-electron chi connectivity index (χ0n) is 13.1. The molecule has 1 aliphatic rings. The van der Waals surface area contributed by atoms with Crippen LogP contribution in [-0.4, -0.2) is 27.4 Å². The molecule has 0 atom stereocenters. The third-order valence-corrected chi connectivity index (χ3v) is 4.92. The van der Waals surface area contributed by atoms with Crippen molar-refractivity contribution in [3.05, 3.63) is 59.4 Å². The summed E-state index contributed by atoms with van der Waals surface area (Å²) in [7, 11) is 0. The molecule has 0 bridgehead atoms. The Balaban J connectivity index is 1.66. The molecular weight excluding hydrogens is 320 g/mol. The molecule has 6 heteroatoms. The molecular formula is C18H16N4OS. The first-order valence-electron chi connectivity index (χ1n) is 7.95. The fraction of sp³-hybridized carbons (Fsp3) is 0.222. The van der Waals surface area contributed by atoms with Crippen molar-refractivity contribution in [1.82, 2.24) is 15.0 Å². The lowest BCUT2D eigenvalue weighted by molar-refractivity contribution is 0.0983. The van der Waals surface area contributed by atoms with Crippen molar-refractivity contribution in [2.24, 2.45) is 0 Å². The first-order valence-corrected chi connectivity index (χ1v) is 8.83. The number of nitrogens with zero attached hydrogens (tertiary/aromatic N) is 4. The number of aryl methyl sites for hydroxylation is 1. The maximum absolute atomic E-state index is 13.0. The first-order chi connectivity index (χ1) is 11.8.